The normalized spacial score (nSPS) is 20.4. The Morgan fingerprint density at radius 1 is 1.25 bits per heavy atom. The zero-order valence-electron chi connectivity index (χ0n) is 13.5. The molecule has 6 heteroatoms. The average Bonchev–Trinajstić information content (AvgIpc) is 3.11. The van der Waals surface area contributed by atoms with Gasteiger partial charge in [-0.25, -0.2) is 4.39 Å². The van der Waals surface area contributed by atoms with Crippen molar-refractivity contribution in [2.75, 3.05) is 13.1 Å². The molecule has 3 rings (SSSR count). The van der Waals surface area contributed by atoms with Gasteiger partial charge in [-0.2, -0.15) is 0 Å². The van der Waals surface area contributed by atoms with Crippen molar-refractivity contribution in [2.45, 2.75) is 13.8 Å². The van der Waals surface area contributed by atoms with Gasteiger partial charge in [0, 0.05) is 18.0 Å². The van der Waals surface area contributed by atoms with E-state index in [1.165, 1.54) is 23.5 Å². The van der Waals surface area contributed by atoms with Crippen LogP contribution < -0.4 is 0 Å². The maximum atomic E-state index is 13.1. The predicted molar refractivity (Wildman–Crippen MR) is 90.6 cm³/mol. The second-order valence-corrected chi connectivity index (χ2v) is 7.31. The monoisotopic (exact) mass is 347 g/mol. The molecule has 1 aliphatic heterocycles. The molecule has 0 bridgehead atoms. The highest BCUT2D eigenvalue weighted by Crippen LogP contribution is 2.34. The molecule has 1 aromatic heterocycles. The lowest BCUT2D eigenvalue weighted by Gasteiger charge is -2.14. The minimum atomic E-state index is -0.854. The van der Waals surface area contributed by atoms with Crippen LogP contribution in [0.25, 0.3) is 10.4 Å². The van der Waals surface area contributed by atoms with Crippen LogP contribution in [0.2, 0.25) is 0 Å². The third-order valence-corrected chi connectivity index (χ3v) is 5.73. The molecular weight excluding hydrogens is 329 g/mol. The van der Waals surface area contributed by atoms with Crippen LogP contribution in [0.1, 0.15) is 22.2 Å². The fourth-order valence-electron chi connectivity index (χ4n) is 3.09. The topological polar surface area (TPSA) is 57.6 Å². The van der Waals surface area contributed by atoms with Crippen LogP contribution in [0.15, 0.2) is 30.3 Å². The molecule has 1 saturated heterocycles. The Bertz CT molecular complexity index is 784. The largest absolute Gasteiger partial charge is 0.481 e. The summed E-state index contributed by atoms with van der Waals surface area (Å²) in [7, 11) is 0. The summed E-state index contributed by atoms with van der Waals surface area (Å²) in [5.74, 6) is -1.84. The van der Waals surface area contributed by atoms with E-state index in [0.717, 1.165) is 16.0 Å². The first-order valence-electron chi connectivity index (χ1n) is 7.75. The van der Waals surface area contributed by atoms with E-state index >= 15 is 0 Å². The van der Waals surface area contributed by atoms with Gasteiger partial charge in [-0.3, -0.25) is 9.59 Å². The number of halogens is 1. The lowest BCUT2D eigenvalue weighted by molar-refractivity contribution is -0.142. The lowest BCUT2D eigenvalue weighted by atomic mass is 9.99. The third-order valence-electron chi connectivity index (χ3n) is 4.45. The molecule has 0 radical (unpaired) electrons. The molecule has 2 atom stereocenters. The number of nitrogens with zero attached hydrogens (tertiary/aromatic N) is 1. The molecule has 0 unspecified atom stereocenters. The van der Waals surface area contributed by atoms with Gasteiger partial charge in [0.15, 0.2) is 0 Å². The average molecular weight is 347 g/mol. The van der Waals surface area contributed by atoms with Crippen LogP contribution in [0.4, 0.5) is 4.39 Å². The molecule has 0 aliphatic carbocycles. The Morgan fingerprint density at radius 2 is 1.92 bits per heavy atom. The van der Waals surface area contributed by atoms with Crippen molar-refractivity contribution in [3.63, 3.8) is 0 Å². The minimum absolute atomic E-state index is 0.0518. The fourth-order valence-corrected chi connectivity index (χ4v) is 4.23. The summed E-state index contributed by atoms with van der Waals surface area (Å²) in [4.78, 5) is 27.0. The van der Waals surface area contributed by atoms with Gasteiger partial charge in [-0.15, -0.1) is 11.3 Å². The number of likely N-dealkylation sites (tertiary alicyclic amines) is 1. The van der Waals surface area contributed by atoms with Crippen LogP contribution in [-0.2, 0) is 4.79 Å². The van der Waals surface area contributed by atoms with Crippen molar-refractivity contribution in [2.24, 2.45) is 11.8 Å². The number of carbonyl (C=O) groups is 2. The molecule has 24 heavy (non-hydrogen) atoms. The van der Waals surface area contributed by atoms with Gasteiger partial charge in [0.1, 0.15) is 5.82 Å². The Morgan fingerprint density at radius 3 is 2.50 bits per heavy atom. The first kappa shape index (κ1) is 16.6. The Balaban J connectivity index is 1.83. The maximum absolute atomic E-state index is 13.1. The summed E-state index contributed by atoms with van der Waals surface area (Å²) in [5.41, 5.74) is 1.83. The van der Waals surface area contributed by atoms with Crippen LogP contribution >= 0.6 is 11.3 Å². The zero-order valence-corrected chi connectivity index (χ0v) is 14.3. The molecule has 2 heterocycles. The van der Waals surface area contributed by atoms with Crippen molar-refractivity contribution >= 4 is 23.2 Å². The molecule has 4 nitrogen and oxygen atoms in total. The van der Waals surface area contributed by atoms with Gasteiger partial charge in [0.05, 0.1) is 10.8 Å². The van der Waals surface area contributed by atoms with Crippen molar-refractivity contribution in [3.8, 4) is 10.4 Å². The highest BCUT2D eigenvalue weighted by Gasteiger charge is 2.37. The fraction of sp³-hybridized carbons (Fsp3) is 0.333. The molecule has 1 N–H and O–H groups in total. The quantitative estimate of drug-likeness (QED) is 0.922. The smallest absolute Gasteiger partial charge is 0.308 e. The number of aryl methyl sites for hydroxylation is 1. The molecule has 2 aromatic rings. The highest BCUT2D eigenvalue weighted by molar-refractivity contribution is 7.17. The third kappa shape index (κ3) is 3.06. The molecule has 0 spiro atoms. The summed E-state index contributed by atoms with van der Waals surface area (Å²) < 4.78 is 13.1. The van der Waals surface area contributed by atoms with Gasteiger partial charge >= 0.3 is 5.97 Å². The molecular formula is C18H18FNO3S. The number of amides is 1. The van der Waals surface area contributed by atoms with Crippen LogP contribution in [0, 0.1) is 24.6 Å². The van der Waals surface area contributed by atoms with Gasteiger partial charge < -0.3 is 10.0 Å². The number of aliphatic carboxylic acids is 1. The van der Waals surface area contributed by atoms with Crippen LogP contribution in [0.3, 0.4) is 0 Å². The molecule has 1 aromatic carbocycles. The number of hydrogen-bond donors (Lipinski definition) is 1. The molecule has 126 valence electrons. The van der Waals surface area contributed by atoms with Crippen molar-refractivity contribution in [1.82, 2.24) is 4.90 Å². The van der Waals surface area contributed by atoms with Crippen LogP contribution in [-0.4, -0.2) is 35.0 Å². The molecule has 0 saturated carbocycles. The van der Waals surface area contributed by atoms with Crippen molar-refractivity contribution < 1.29 is 19.1 Å². The number of hydrogen-bond acceptors (Lipinski definition) is 3. The van der Waals surface area contributed by atoms with E-state index in [-0.39, 0.29) is 24.2 Å². The Labute approximate surface area is 143 Å². The maximum Gasteiger partial charge on any atom is 0.308 e. The first-order valence-corrected chi connectivity index (χ1v) is 8.57. The number of carboxylic acid groups (broad SMARTS) is 1. The van der Waals surface area contributed by atoms with E-state index in [2.05, 4.69) is 0 Å². The van der Waals surface area contributed by atoms with E-state index in [1.807, 2.05) is 19.9 Å². The summed E-state index contributed by atoms with van der Waals surface area (Å²) in [6.45, 7) is 4.48. The number of carbonyl (C=O) groups excluding carboxylic acids is 1. The van der Waals surface area contributed by atoms with E-state index in [0.29, 0.717) is 11.4 Å². The predicted octanol–water partition coefficient (Wildman–Crippen LogP) is 3.66. The van der Waals surface area contributed by atoms with Crippen molar-refractivity contribution in [3.05, 3.63) is 46.6 Å². The van der Waals surface area contributed by atoms with E-state index < -0.39 is 11.9 Å². The summed E-state index contributed by atoms with van der Waals surface area (Å²) >= 11 is 1.36. The Hall–Kier alpha value is -2.21. The van der Waals surface area contributed by atoms with E-state index in [9.17, 15) is 19.1 Å². The highest BCUT2D eigenvalue weighted by atomic mass is 32.1. The standard InChI is InChI=1S/C18H18FNO3S/c1-10-7-15(24-16(10)12-3-5-13(19)6-4-12)17(21)20-8-11(2)14(9-20)18(22)23/h3-7,11,14H,8-9H2,1-2H3,(H,22,23)/t11-,14-/m1/s1. The SMILES string of the molecule is Cc1cc(C(=O)N2C[C@@H](C)[C@H](C(=O)O)C2)sc1-c1ccc(F)cc1. The summed E-state index contributed by atoms with van der Waals surface area (Å²) in [5, 5.41) is 9.21. The Kier molecular flexibility index (Phi) is 4.41. The molecule has 1 amide bonds. The van der Waals surface area contributed by atoms with Gasteiger partial charge in [-0.1, -0.05) is 19.1 Å². The second-order valence-electron chi connectivity index (χ2n) is 6.26. The number of benzene rings is 1. The number of rotatable bonds is 3. The number of carboxylic acids is 1. The lowest BCUT2D eigenvalue weighted by Crippen LogP contribution is -2.29. The molecule has 1 aliphatic rings. The van der Waals surface area contributed by atoms with Gasteiger partial charge in [0.2, 0.25) is 0 Å². The second kappa shape index (κ2) is 6.36. The first-order chi connectivity index (χ1) is 11.4. The van der Waals surface area contributed by atoms with Crippen LogP contribution in [0.5, 0.6) is 0 Å². The van der Waals surface area contributed by atoms with Gasteiger partial charge in [-0.05, 0) is 42.2 Å². The zero-order chi connectivity index (χ0) is 17.4. The van der Waals surface area contributed by atoms with Gasteiger partial charge in [0.25, 0.3) is 5.91 Å². The molecule has 1 fully saturated rings. The summed E-state index contributed by atoms with van der Waals surface area (Å²) in [6, 6.07) is 8.01. The van der Waals surface area contributed by atoms with E-state index in [4.69, 9.17) is 0 Å². The van der Waals surface area contributed by atoms with E-state index in [1.54, 1.807) is 17.0 Å². The minimum Gasteiger partial charge on any atom is -0.481 e. The summed E-state index contributed by atoms with van der Waals surface area (Å²) in [6.07, 6.45) is 0. The van der Waals surface area contributed by atoms with Crippen molar-refractivity contribution in [1.29, 1.82) is 0 Å². The number of thiophene rings is 1.